The molecule has 12 heteroatoms. The summed E-state index contributed by atoms with van der Waals surface area (Å²) < 4.78 is 115. The van der Waals surface area contributed by atoms with E-state index in [1.807, 2.05) is 0 Å². The number of alkyl halides is 3. The summed E-state index contributed by atoms with van der Waals surface area (Å²) >= 11 is 0. The van der Waals surface area contributed by atoms with Gasteiger partial charge in [-0.1, -0.05) is 0 Å². The second kappa shape index (κ2) is 8.38. The van der Waals surface area contributed by atoms with E-state index in [9.17, 15) is 38.8 Å². The van der Waals surface area contributed by atoms with Crippen molar-refractivity contribution in [1.82, 2.24) is 0 Å². The fourth-order valence-corrected chi connectivity index (χ4v) is 7.37. The van der Waals surface area contributed by atoms with E-state index in [1.165, 1.54) is 0 Å². The van der Waals surface area contributed by atoms with Crippen LogP contribution in [0.3, 0.4) is 0 Å². The Kier molecular flexibility index (Phi) is 6.44. The Morgan fingerprint density at radius 3 is 2.00 bits per heavy atom. The average Bonchev–Trinajstić information content (AvgIpc) is 2.69. The molecule has 0 bridgehead atoms. The Morgan fingerprint density at radius 2 is 1.50 bits per heavy atom. The third-order valence-corrected chi connectivity index (χ3v) is 9.29. The normalized spacial score (nSPS) is 22.6. The molecule has 1 aliphatic rings. The Bertz CT molecular complexity index is 1200. The molecule has 2 N–H and O–H groups in total. The number of hydrogen-bond acceptors (Lipinski definition) is 4. The highest BCUT2D eigenvalue weighted by Crippen LogP contribution is 2.49. The molecular weight excluding hydrogens is 477 g/mol. The van der Waals surface area contributed by atoms with Gasteiger partial charge in [0, 0.05) is 5.56 Å². The first-order chi connectivity index (χ1) is 14.7. The van der Waals surface area contributed by atoms with E-state index in [1.54, 1.807) is 0 Å². The first-order valence-electron chi connectivity index (χ1n) is 9.54. The minimum Gasteiger partial charge on any atom is -0.229 e. The lowest BCUT2D eigenvalue weighted by atomic mass is 9.78. The summed E-state index contributed by atoms with van der Waals surface area (Å²) in [6, 6.07) is 5.15. The zero-order valence-corrected chi connectivity index (χ0v) is 18.2. The summed E-state index contributed by atoms with van der Waals surface area (Å²) in [5.41, 5.74) is -1.49. The van der Waals surface area contributed by atoms with E-state index in [0.29, 0.717) is 12.1 Å². The number of sulfonamides is 1. The van der Waals surface area contributed by atoms with Crippen LogP contribution in [-0.4, -0.2) is 22.6 Å². The lowest BCUT2D eigenvalue weighted by molar-refractivity contribution is -0.137. The molecule has 2 aromatic carbocycles. The van der Waals surface area contributed by atoms with Crippen molar-refractivity contribution in [3.8, 4) is 0 Å². The summed E-state index contributed by atoms with van der Waals surface area (Å²) in [5.74, 6) is -2.74. The highest BCUT2D eigenvalue weighted by atomic mass is 32.2. The Hall–Kier alpha value is -2.05. The van der Waals surface area contributed by atoms with Gasteiger partial charge in [-0.2, -0.15) is 13.2 Å². The molecule has 0 amide bonds. The van der Waals surface area contributed by atoms with Crippen molar-refractivity contribution in [3.05, 3.63) is 65.2 Å². The van der Waals surface area contributed by atoms with Gasteiger partial charge in [0.1, 0.15) is 16.4 Å². The lowest BCUT2D eigenvalue weighted by Gasteiger charge is -2.40. The summed E-state index contributed by atoms with van der Waals surface area (Å²) in [4.78, 5) is -0.473. The van der Waals surface area contributed by atoms with Gasteiger partial charge in [0.15, 0.2) is 9.84 Å². The molecule has 0 heterocycles. The van der Waals surface area contributed by atoms with Gasteiger partial charge >= 0.3 is 6.18 Å². The summed E-state index contributed by atoms with van der Waals surface area (Å²) in [5, 5.41) is 5.07. The van der Waals surface area contributed by atoms with Crippen LogP contribution in [0.5, 0.6) is 0 Å². The van der Waals surface area contributed by atoms with Gasteiger partial charge in [-0.05, 0) is 74.1 Å². The molecule has 2 aromatic rings. The predicted octanol–water partition coefficient (Wildman–Crippen LogP) is 4.13. The van der Waals surface area contributed by atoms with E-state index in [-0.39, 0.29) is 25.7 Å². The molecule has 0 aromatic heterocycles. The van der Waals surface area contributed by atoms with Crippen molar-refractivity contribution in [1.29, 1.82) is 0 Å². The number of benzene rings is 2. The standard InChI is InChI=1S/C20H20F5NO4S2/c21-15-3-6-18(22)17(11-15)19(9-7-13(8-10-19)12-31(26,27)28)32(29,30)16-4-1-14(2-5-16)20(23,24)25/h1-6,11,13H,7-10,12H2,(H2,26,27,28). The van der Waals surface area contributed by atoms with Crippen LogP contribution >= 0.6 is 0 Å². The second-order valence-electron chi connectivity index (χ2n) is 7.92. The van der Waals surface area contributed by atoms with E-state index in [0.717, 1.165) is 30.3 Å². The van der Waals surface area contributed by atoms with E-state index >= 15 is 0 Å². The first kappa shape index (κ1) is 24.6. The lowest BCUT2D eigenvalue weighted by Crippen LogP contribution is -2.42. The third-order valence-electron chi connectivity index (χ3n) is 5.81. The topological polar surface area (TPSA) is 94.3 Å². The van der Waals surface area contributed by atoms with Gasteiger partial charge in [-0.25, -0.2) is 30.8 Å². The number of halogens is 5. The molecule has 0 saturated heterocycles. The fourth-order valence-electron chi connectivity index (χ4n) is 4.22. The zero-order valence-electron chi connectivity index (χ0n) is 16.6. The van der Waals surface area contributed by atoms with E-state index in [2.05, 4.69) is 0 Å². The molecule has 5 nitrogen and oxygen atoms in total. The molecule has 1 saturated carbocycles. The molecule has 0 radical (unpaired) electrons. The second-order valence-corrected chi connectivity index (χ2v) is 11.8. The number of sulfone groups is 1. The van der Waals surface area contributed by atoms with Gasteiger partial charge in [-0.15, -0.1) is 0 Å². The Balaban J connectivity index is 2.10. The van der Waals surface area contributed by atoms with Crippen molar-refractivity contribution < 1.29 is 38.8 Å². The number of primary sulfonamides is 1. The first-order valence-corrected chi connectivity index (χ1v) is 12.7. The van der Waals surface area contributed by atoms with Crippen LogP contribution < -0.4 is 5.14 Å². The molecule has 1 fully saturated rings. The molecule has 0 spiro atoms. The van der Waals surface area contributed by atoms with Crippen LogP contribution in [0.4, 0.5) is 22.0 Å². The van der Waals surface area contributed by atoms with E-state index < -0.39 is 70.1 Å². The zero-order chi connectivity index (χ0) is 23.9. The minimum absolute atomic E-state index is 0.0340. The van der Waals surface area contributed by atoms with Crippen molar-refractivity contribution in [3.63, 3.8) is 0 Å². The monoisotopic (exact) mass is 497 g/mol. The fraction of sp³-hybridized carbons (Fsp3) is 0.400. The van der Waals surface area contributed by atoms with Crippen LogP contribution in [0.2, 0.25) is 0 Å². The maximum atomic E-state index is 14.7. The van der Waals surface area contributed by atoms with Gasteiger partial charge in [0.05, 0.1) is 16.2 Å². The molecule has 3 rings (SSSR count). The molecule has 0 atom stereocenters. The van der Waals surface area contributed by atoms with Crippen molar-refractivity contribution in [2.75, 3.05) is 5.75 Å². The maximum Gasteiger partial charge on any atom is 0.416 e. The van der Waals surface area contributed by atoms with Gasteiger partial charge in [0.2, 0.25) is 10.0 Å². The summed E-state index contributed by atoms with van der Waals surface area (Å²) in [6.45, 7) is 0. The number of nitrogens with two attached hydrogens (primary N) is 1. The molecule has 0 unspecified atom stereocenters. The minimum atomic E-state index is -4.68. The van der Waals surface area contributed by atoms with Gasteiger partial charge in [0.25, 0.3) is 0 Å². The maximum absolute atomic E-state index is 14.7. The molecular formula is C20H20F5NO4S2. The van der Waals surface area contributed by atoms with Crippen LogP contribution in [0, 0.1) is 17.6 Å². The van der Waals surface area contributed by atoms with Crippen molar-refractivity contribution >= 4 is 19.9 Å². The SMILES string of the molecule is NS(=O)(=O)CC1CCC(c2cc(F)ccc2F)(S(=O)(=O)c2ccc(C(F)(F)F)cc2)CC1. The Labute approximate surface area is 182 Å². The number of hydrogen-bond donors (Lipinski definition) is 1. The molecule has 1 aliphatic carbocycles. The Morgan fingerprint density at radius 1 is 0.938 bits per heavy atom. The van der Waals surface area contributed by atoms with Gasteiger partial charge in [-0.3, -0.25) is 0 Å². The quantitative estimate of drug-likeness (QED) is 0.629. The van der Waals surface area contributed by atoms with Gasteiger partial charge < -0.3 is 0 Å². The number of rotatable bonds is 5. The highest BCUT2D eigenvalue weighted by Gasteiger charge is 2.50. The average molecular weight is 498 g/mol. The molecule has 0 aliphatic heterocycles. The largest absolute Gasteiger partial charge is 0.416 e. The van der Waals surface area contributed by atoms with Crippen molar-refractivity contribution in [2.24, 2.45) is 11.1 Å². The van der Waals surface area contributed by atoms with Crippen LogP contribution in [0.1, 0.15) is 36.8 Å². The smallest absolute Gasteiger partial charge is 0.229 e. The van der Waals surface area contributed by atoms with Crippen molar-refractivity contribution in [2.45, 2.75) is 41.5 Å². The van der Waals surface area contributed by atoms with Crippen LogP contribution in [-0.2, 0) is 30.8 Å². The van der Waals surface area contributed by atoms with Crippen LogP contribution in [0.15, 0.2) is 47.4 Å². The van der Waals surface area contributed by atoms with E-state index in [4.69, 9.17) is 5.14 Å². The molecule has 176 valence electrons. The van der Waals surface area contributed by atoms with Crippen LogP contribution in [0.25, 0.3) is 0 Å². The third kappa shape index (κ3) is 4.81. The highest BCUT2D eigenvalue weighted by molar-refractivity contribution is 7.92. The molecule has 32 heavy (non-hydrogen) atoms. The predicted molar refractivity (Wildman–Crippen MR) is 107 cm³/mol. The summed E-state index contributed by atoms with van der Waals surface area (Å²) in [6.07, 6.45) is -5.12. The summed E-state index contributed by atoms with van der Waals surface area (Å²) in [7, 11) is -8.34.